The molecule has 4 heteroatoms. The first-order valence-electron chi connectivity index (χ1n) is 5.65. The van der Waals surface area contributed by atoms with E-state index >= 15 is 0 Å². The second kappa shape index (κ2) is 6.25. The molecule has 1 atom stereocenters. The van der Waals surface area contributed by atoms with Gasteiger partial charge in [0.25, 0.3) is 0 Å². The summed E-state index contributed by atoms with van der Waals surface area (Å²) >= 11 is 0. The smallest absolute Gasteiger partial charge is 0.335 e. The van der Waals surface area contributed by atoms with E-state index in [0.717, 1.165) is 12.2 Å². The second-order valence-corrected chi connectivity index (χ2v) is 7.49. The Bertz CT molecular complexity index is 384. The van der Waals surface area contributed by atoms with Gasteiger partial charge in [0.2, 0.25) is 0 Å². The molecule has 17 heavy (non-hydrogen) atoms. The highest BCUT2D eigenvalue weighted by molar-refractivity contribution is 6.57. The number of hydrogen-bond donors (Lipinski definition) is 1. The molecule has 92 valence electrons. The van der Waals surface area contributed by atoms with Crippen LogP contribution < -0.4 is 4.74 Å². The topological polar surface area (TPSA) is 46.5 Å². The minimum atomic E-state index is -0.919. The lowest BCUT2D eigenvalue weighted by Crippen LogP contribution is -2.30. The third-order valence-electron chi connectivity index (χ3n) is 2.53. The molecule has 0 aliphatic rings. The van der Waals surface area contributed by atoms with Crippen LogP contribution in [0.5, 0.6) is 5.75 Å². The fraction of sp³-hybridized carbons (Fsp3) is 0.308. The largest absolute Gasteiger partial charge is 0.494 e. The summed E-state index contributed by atoms with van der Waals surface area (Å²) in [5.41, 5.74) is 0.489. The van der Waals surface area contributed by atoms with Gasteiger partial charge >= 0.3 is 5.97 Å². The van der Waals surface area contributed by atoms with Gasteiger partial charge in [-0.25, -0.2) is 4.79 Å². The van der Waals surface area contributed by atoms with E-state index in [4.69, 9.17) is 9.84 Å². The maximum absolute atomic E-state index is 10.7. The van der Waals surface area contributed by atoms with Crippen molar-refractivity contribution in [3.8, 4) is 5.75 Å². The second-order valence-electron chi connectivity index (χ2n) is 4.25. The molecule has 1 aromatic carbocycles. The molecule has 0 amide bonds. The summed E-state index contributed by atoms with van der Waals surface area (Å²) in [4.78, 5) is 10.7. The van der Waals surface area contributed by atoms with Crippen molar-refractivity contribution < 1.29 is 14.6 Å². The first-order valence-corrected chi connectivity index (χ1v) is 8.63. The molecule has 0 aliphatic carbocycles. The summed E-state index contributed by atoms with van der Waals surface area (Å²) in [6.45, 7) is 8.17. The minimum absolute atomic E-state index is 0.211. The number of rotatable bonds is 6. The van der Waals surface area contributed by atoms with Crippen LogP contribution in [0.15, 0.2) is 36.9 Å². The molecule has 0 heterocycles. The molecule has 0 spiro atoms. The van der Waals surface area contributed by atoms with Crippen LogP contribution in [0.1, 0.15) is 16.8 Å². The van der Waals surface area contributed by atoms with Crippen LogP contribution >= 0.6 is 0 Å². The molecule has 0 fully saturated rings. The minimum Gasteiger partial charge on any atom is -0.494 e. The number of aromatic carboxylic acids is 1. The monoisotopic (exact) mass is 250 g/mol. The van der Waals surface area contributed by atoms with Crippen molar-refractivity contribution in [3.05, 3.63) is 42.5 Å². The average Bonchev–Trinajstić information content (AvgIpc) is 2.29. The van der Waals surface area contributed by atoms with Crippen molar-refractivity contribution >= 4 is 14.8 Å². The molecule has 0 aromatic heterocycles. The van der Waals surface area contributed by atoms with Gasteiger partial charge in [0.1, 0.15) is 5.75 Å². The SMILES string of the molecule is C=CCC(Oc1ccc(C(=O)O)cc1)[SiH](C)C. The maximum atomic E-state index is 10.7. The Balaban J connectivity index is 2.73. The molecular weight excluding hydrogens is 232 g/mol. The zero-order chi connectivity index (χ0) is 12.8. The van der Waals surface area contributed by atoms with Crippen LogP contribution in [-0.4, -0.2) is 25.6 Å². The lowest BCUT2D eigenvalue weighted by Gasteiger charge is -2.20. The van der Waals surface area contributed by atoms with Gasteiger partial charge in [-0.15, -0.1) is 6.58 Å². The van der Waals surface area contributed by atoms with Crippen LogP contribution in [0, 0.1) is 0 Å². The maximum Gasteiger partial charge on any atom is 0.335 e. The van der Waals surface area contributed by atoms with Crippen molar-refractivity contribution in [1.29, 1.82) is 0 Å². The molecule has 0 saturated heterocycles. The summed E-state index contributed by atoms with van der Waals surface area (Å²) in [6.07, 6.45) is 2.70. The van der Waals surface area contributed by atoms with Crippen molar-refractivity contribution in [2.24, 2.45) is 0 Å². The van der Waals surface area contributed by atoms with Crippen LogP contribution in [0.25, 0.3) is 0 Å². The summed E-state index contributed by atoms with van der Waals surface area (Å²) in [5, 5.41) is 8.78. The first kappa shape index (κ1) is 13.5. The van der Waals surface area contributed by atoms with Gasteiger partial charge in [-0.2, -0.15) is 0 Å². The lowest BCUT2D eigenvalue weighted by molar-refractivity contribution is 0.0697. The zero-order valence-electron chi connectivity index (χ0n) is 10.2. The van der Waals surface area contributed by atoms with E-state index in [0.29, 0.717) is 0 Å². The Morgan fingerprint density at radius 1 is 1.47 bits per heavy atom. The lowest BCUT2D eigenvalue weighted by atomic mass is 10.2. The molecule has 1 N–H and O–H groups in total. The average molecular weight is 250 g/mol. The van der Waals surface area contributed by atoms with Gasteiger partial charge < -0.3 is 9.84 Å². The molecule has 1 aromatic rings. The van der Waals surface area contributed by atoms with Crippen molar-refractivity contribution in [3.63, 3.8) is 0 Å². The standard InChI is InChI=1S/C13H18O3Si/c1-4-5-12(17(2)3)16-11-8-6-10(7-9-11)13(14)15/h4,6-9,12,17H,1,5H2,2-3H3,(H,14,15). The Labute approximate surface area is 103 Å². The highest BCUT2D eigenvalue weighted by Crippen LogP contribution is 2.16. The highest BCUT2D eigenvalue weighted by Gasteiger charge is 2.14. The normalized spacial score (nSPS) is 12.2. The first-order chi connectivity index (χ1) is 8.04. The Morgan fingerprint density at radius 3 is 2.47 bits per heavy atom. The van der Waals surface area contributed by atoms with E-state index in [1.165, 1.54) is 0 Å². The van der Waals surface area contributed by atoms with Crippen molar-refractivity contribution in [2.45, 2.75) is 25.2 Å². The van der Waals surface area contributed by atoms with Gasteiger partial charge in [0.05, 0.1) is 20.1 Å². The Hall–Kier alpha value is -1.55. The van der Waals surface area contributed by atoms with Gasteiger partial charge in [-0.05, 0) is 30.7 Å². The van der Waals surface area contributed by atoms with Gasteiger partial charge in [-0.3, -0.25) is 0 Å². The number of carboxylic acids is 1. The Morgan fingerprint density at radius 2 is 2.06 bits per heavy atom. The number of hydrogen-bond acceptors (Lipinski definition) is 2. The van der Waals surface area contributed by atoms with E-state index in [1.54, 1.807) is 24.3 Å². The van der Waals surface area contributed by atoms with Crippen LogP contribution in [0.2, 0.25) is 13.1 Å². The zero-order valence-corrected chi connectivity index (χ0v) is 11.4. The van der Waals surface area contributed by atoms with Gasteiger partial charge in [0.15, 0.2) is 0 Å². The molecule has 1 unspecified atom stereocenters. The quantitative estimate of drug-likeness (QED) is 0.624. The molecule has 0 bridgehead atoms. The van der Waals surface area contributed by atoms with E-state index in [9.17, 15) is 4.79 Å². The van der Waals surface area contributed by atoms with E-state index in [-0.39, 0.29) is 11.3 Å². The molecular formula is C13H18O3Si. The third-order valence-corrected chi connectivity index (χ3v) is 4.43. The summed E-state index contributed by atoms with van der Waals surface area (Å²) in [6, 6.07) is 6.53. The molecule has 0 aliphatic heterocycles. The molecule has 3 nitrogen and oxygen atoms in total. The van der Waals surface area contributed by atoms with Crippen molar-refractivity contribution in [2.75, 3.05) is 0 Å². The molecule has 0 saturated carbocycles. The predicted molar refractivity (Wildman–Crippen MR) is 71.5 cm³/mol. The predicted octanol–water partition coefficient (Wildman–Crippen LogP) is 2.73. The summed E-state index contributed by atoms with van der Waals surface area (Å²) < 4.78 is 5.85. The number of carboxylic acid groups (broad SMARTS) is 1. The Kier molecular flexibility index (Phi) is 4.97. The highest BCUT2D eigenvalue weighted by atomic mass is 28.3. The van der Waals surface area contributed by atoms with Crippen LogP contribution in [0.4, 0.5) is 0 Å². The molecule has 1 rings (SSSR count). The van der Waals surface area contributed by atoms with E-state index in [2.05, 4.69) is 19.7 Å². The summed E-state index contributed by atoms with van der Waals surface area (Å²) in [7, 11) is -0.915. The fourth-order valence-electron chi connectivity index (χ4n) is 1.47. The number of benzene rings is 1. The van der Waals surface area contributed by atoms with Gasteiger partial charge in [0, 0.05) is 0 Å². The summed E-state index contributed by atoms with van der Waals surface area (Å²) in [5.74, 6) is -0.194. The van der Waals surface area contributed by atoms with Crippen molar-refractivity contribution in [1.82, 2.24) is 0 Å². The molecule has 0 radical (unpaired) electrons. The number of ether oxygens (including phenoxy) is 1. The van der Waals surface area contributed by atoms with E-state index < -0.39 is 14.8 Å². The van der Waals surface area contributed by atoms with Crippen LogP contribution in [-0.2, 0) is 0 Å². The number of carbonyl (C=O) groups is 1. The third kappa shape index (κ3) is 4.07. The fourth-order valence-corrected chi connectivity index (χ4v) is 2.64. The van der Waals surface area contributed by atoms with Gasteiger partial charge in [-0.1, -0.05) is 19.2 Å². The van der Waals surface area contributed by atoms with Crippen LogP contribution in [0.3, 0.4) is 0 Å². The van der Waals surface area contributed by atoms with E-state index in [1.807, 2.05) is 6.08 Å².